The highest BCUT2D eigenvalue weighted by Crippen LogP contribution is 2.36. The van der Waals surface area contributed by atoms with Gasteiger partial charge in [-0.3, -0.25) is 9.69 Å². The van der Waals surface area contributed by atoms with E-state index in [1.54, 1.807) is 48.5 Å². The van der Waals surface area contributed by atoms with Crippen LogP contribution in [0, 0.1) is 5.92 Å². The molecule has 0 aromatic heterocycles. The lowest BCUT2D eigenvalue weighted by Gasteiger charge is -2.45. The van der Waals surface area contributed by atoms with Gasteiger partial charge in [-0.1, -0.05) is 36.4 Å². The maximum absolute atomic E-state index is 13.5. The van der Waals surface area contributed by atoms with E-state index in [1.165, 1.54) is 16.7 Å². The number of hydrogen-bond acceptors (Lipinski definition) is 3. The van der Waals surface area contributed by atoms with Crippen LogP contribution < -0.4 is 4.90 Å². The number of nitrogens with zero attached hydrogens (tertiary/aromatic N) is 2. The molecule has 0 bridgehead atoms. The number of amides is 2. The molecule has 2 unspecified atom stereocenters. The Balaban J connectivity index is 2.02. The highest BCUT2D eigenvalue weighted by molar-refractivity contribution is 6.02. The minimum atomic E-state index is -1.61. The number of carbonyl (C=O) groups excluding carboxylic acids is 1. The summed E-state index contributed by atoms with van der Waals surface area (Å²) in [6.07, 6.45) is 0.0716. The first-order valence-corrected chi connectivity index (χ1v) is 9.02. The Morgan fingerprint density at radius 1 is 0.964 bits per heavy atom. The molecule has 1 aliphatic heterocycles. The van der Waals surface area contributed by atoms with Crippen LogP contribution in [0.5, 0.6) is 0 Å². The summed E-state index contributed by atoms with van der Waals surface area (Å²) in [5.74, 6) is -3.05. The fourth-order valence-electron chi connectivity index (χ4n) is 3.59. The van der Waals surface area contributed by atoms with Crippen molar-refractivity contribution >= 4 is 29.3 Å². The van der Waals surface area contributed by atoms with Gasteiger partial charge in [-0.2, -0.15) is 0 Å². The Bertz CT molecular complexity index is 831. The zero-order valence-electron chi connectivity index (χ0n) is 15.5. The average molecular weight is 382 g/mol. The predicted octanol–water partition coefficient (Wildman–Crippen LogP) is 3.58. The summed E-state index contributed by atoms with van der Waals surface area (Å²) < 4.78 is 0. The third-order valence-electron chi connectivity index (χ3n) is 5.20. The summed E-state index contributed by atoms with van der Waals surface area (Å²) in [5.41, 5.74) is -0.404. The summed E-state index contributed by atoms with van der Waals surface area (Å²) in [7, 11) is 0. The Morgan fingerprint density at radius 2 is 1.46 bits per heavy atom. The van der Waals surface area contributed by atoms with Crippen LogP contribution in [0.4, 0.5) is 16.2 Å². The van der Waals surface area contributed by atoms with Crippen molar-refractivity contribution in [3.8, 4) is 0 Å². The maximum Gasteiger partial charge on any atom is 0.330 e. The number of piperidine rings is 1. The van der Waals surface area contributed by atoms with E-state index < -0.39 is 29.4 Å². The largest absolute Gasteiger partial charge is 0.481 e. The van der Waals surface area contributed by atoms with Crippen LogP contribution >= 0.6 is 0 Å². The van der Waals surface area contributed by atoms with Gasteiger partial charge < -0.3 is 15.1 Å². The van der Waals surface area contributed by atoms with Crippen LogP contribution in [-0.4, -0.2) is 45.2 Å². The topological polar surface area (TPSA) is 98.1 Å². The van der Waals surface area contributed by atoms with Crippen molar-refractivity contribution in [2.75, 3.05) is 11.4 Å². The Hall–Kier alpha value is -3.35. The fraction of sp³-hybridized carbons (Fsp3) is 0.286. The van der Waals surface area contributed by atoms with Gasteiger partial charge in [0.1, 0.15) is 5.54 Å². The molecular formula is C21H22N2O5. The first-order chi connectivity index (χ1) is 13.3. The monoisotopic (exact) mass is 382 g/mol. The molecule has 2 atom stereocenters. The van der Waals surface area contributed by atoms with Gasteiger partial charge in [-0.25, -0.2) is 9.59 Å². The zero-order valence-corrected chi connectivity index (χ0v) is 15.5. The molecule has 0 radical (unpaired) electrons. The Labute approximate surface area is 162 Å². The molecule has 2 amide bonds. The lowest BCUT2D eigenvalue weighted by molar-refractivity contribution is -0.155. The molecule has 0 saturated carbocycles. The molecule has 7 nitrogen and oxygen atoms in total. The van der Waals surface area contributed by atoms with Crippen LogP contribution in [0.2, 0.25) is 0 Å². The minimum Gasteiger partial charge on any atom is -0.481 e. The van der Waals surface area contributed by atoms with Crippen molar-refractivity contribution in [2.45, 2.75) is 25.3 Å². The van der Waals surface area contributed by atoms with Crippen LogP contribution in [0.25, 0.3) is 0 Å². The van der Waals surface area contributed by atoms with Crippen molar-refractivity contribution in [1.82, 2.24) is 4.90 Å². The lowest BCUT2D eigenvalue weighted by Crippen LogP contribution is -2.62. The number of carbonyl (C=O) groups is 3. The third kappa shape index (κ3) is 3.55. The lowest BCUT2D eigenvalue weighted by atomic mass is 9.81. The smallest absolute Gasteiger partial charge is 0.330 e. The van der Waals surface area contributed by atoms with Crippen molar-refractivity contribution in [3.05, 3.63) is 60.7 Å². The van der Waals surface area contributed by atoms with Gasteiger partial charge in [0, 0.05) is 6.54 Å². The number of carboxylic acid groups (broad SMARTS) is 2. The molecule has 1 saturated heterocycles. The number of hydrogen-bond donors (Lipinski definition) is 2. The molecule has 0 spiro atoms. The summed E-state index contributed by atoms with van der Waals surface area (Å²) in [6, 6.07) is 17.4. The number of carboxylic acids is 2. The van der Waals surface area contributed by atoms with Crippen LogP contribution in [0.15, 0.2) is 60.7 Å². The molecule has 0 aliphatic carbocycles. The molecule has 146 valence electrons. The normalized spacial score (nSPS) is 21.8. The van der Waals surface area contributed by atoms with E-state index >= 15 is 0 Å². The molecule has 28 heavy (non-hydrogen) atoms. The molecule has 2 aromatic carbocycles. The molecular weight excluding hydrogens is 360 g/mol. The van der Waals surface area contributed by atoms with Crippen molar-refractivity contribution < 1.29 is 24.6 Å². The van der Waals surface area contributed by atoms with E-state index in [4.69, 9.17) is 0 Å². The summed E-state index contributed by atoms with van der Waals surface area (Å²) >= 11 is 0. The van der Waals surface area contributed by atoms with Gasteiger partial charge >= 0.3 is 18.0 Å². The van der Waals surface area contributed by atoms with Gasteiger partial charge in [-0.05, 0) is 44.0 Å². The standard InChI is InChI=1S/C21H22N2O5/c1-21(19(26)27)14-15(18(24)25)12-13-22(21)20(28)23(16-8-4-2-5-9-16)17-10-6-3-7-11-17/h2-11,15H,12-14H2,1H3,(H,24,25)(H,26,27). The molecule has 2 N–H and O–H groups in total. The third-order valence-corrected chi connectivity index (χ3v) is 5.20. The molecule has 1 heterocycles. The maximum atomic E-state index is 13.5. The predicted molar refractivity (Wildman–Crippen MR) is 104 cm³/mol. The highest BCUT2D eigenvalue weighted by atomic mass is 16.4. The van der Waals surface area contributed by atoms with E-state index in [2.05, 4.69) is 0 Å². The SMILES string of the molecule is CC1(C(=O)O)CC(C(=O)O)CCN1C(=O)N(c1ccccc1)c1ccccc1. The van der Waals surface area contributed by atoms with Gasteiger partial charge in [0.2, 0.25) is 0 Å². The second kappa shape index (κ2) is 7.72. The number of benzene rings is 2. The van der Waals surface area contributed by atoms with Crippen molar-refractivity contribution in [3.63, 3.8) is 0 Å². The average Bonchev–Trinajstić information content (AvgIpc) is 2.69. The van der Waals surface area contributed by atoms with Gasteiger partial charge in [0.25, 0.3) is 0 Å². The van der Waals surface area contributed by atoms with E-state index in [1.807, 2.05) is 12.1 Å². The second-order valence-corrected chi connectivity index (χ2v) is 7.05. The van der Waals surface area contributed by atoms with E-state index in [0.29, 0.717) is 11.4 Å². The first kappa shape index (κ1) is 19.4. The quantitative estimate of drug-likeness (QED) is 0.842. The minimum absolute atomic E-state index is 0.0504. The molecule has 1 fully saturated rings. The van der Waals surface area contributed by atoms with Gasteiger partial charge in [0.05, 0.1) is 17.3 Å². The molecule has 3 rings (SSSR count). The number of aliphatic carboxylic acids is 2. The van der Waals surface area contributed by atoms with Crippen LogP contribution in [-0.2, 0) is 9.59 Å². The van der Waals surface area contributed by atoms with Gasteiger partial charge in [0.15, 0.2) is 0 Å². The van der Waals surface area contributed by atoms with Crippen molar-refractivity contribution in [1.29, 1.82) is 0 Å². The fourth-order valence-corrected chi connectivity index (χ4v) is 3.59. The van der Waals surface area contributed by atoms with Crippen LogP contribution in [0.1, 0.15) is 19.8 Å². The van der Waals surface area contributed by atoms with Crippen molar-refractivity contribution in [2.24, 2.45) is 5.92 Å². The number of urea groups is 1. The molecule has 7 heteroatoms. The van der Waals surface area contributed by atoms with Crippen LogP contribution in [0.3, 0.4) is 0 Å². The first-order valence-electron chi connectivity index (χ1n) is 9.02. The Kier molecular flexibility index (Phi) is 5.35. The summed E-state index contributed by atoms with van der Waals surface area (Å²) in [5, 5.41) is 19.2. The Morgan fingerprint density at radius 3 is 1.89 bits per heavy atom. The number of likely N-dealkylation sites (tertiary alicyclic amines) is 1. The molecule has 1 aliphatic rings. The van der Waals surface area contributed by atoms with E-state index in [-0.39, 0.29) is 19.4 Å². The number of para-hydroxylation sites is 2. The summed E-state index contributed by atoms with van der Waals surface area (Å²) in [6.45, 7) is 1.46. The number of anilines is 2. The second-order valence-electron chi connectivity index (χ2n) is 7.05. The number of rotatable bonds is 4. The van der Waals surface area contributed by atoms with Gasteiger partial charge in [-0.15, -0.1) is 0 Å². The van der Waals surface area contributed by atoms with E-state index in [0.717, 1.165) is 0 Å². The highest BCUT2D eigenvalue weighted by Gasteiger charge is 2.50. The zero-order chi connectivity index (χ0) is 20.3. The van der Waals surface area contributed by atoms with E-state index in [9.17, 15) is 24.6 Å². The molecule has 2 aromatic rings. The summed E-state index contributed by atoms with van der Waals surface area (Å²) in [4.78, 5) is 39.7.